The van der Waals surface area contributed by atoms with Crippen LogP contribution in [0.5, 0.6) is 0 Å². The van der Waals surface area contributed by atoms with Crippen LogP contribution in [-0.4, -0.2) is 23.7 Å². The number of carbonyl (C=O) groups excluding carboxylic acids is 1. The molecule has 0 radical (unpaired) electrons. The summed E-state index contributed by atoms with van der Waals surface area (Å²) in [5.74, 6) is -0.636. The molecule has 2 rings (SSSR count). The van der Waals surface area contributed by atoms with Crippen LogP contribution in [0.1, 0.15) is 30.9 Å². The number of hydrogen-bond acceptors (Lipinski definition) is 3. The molecule has 0 unspecified atom stereocenters. The minimum Gasteiger partial charge on any atom is -0.392 e. The maximum absolute atomic E-state index is 13.5. The van der Waals surface area contributed by atoms with Crippen molar-refractivity contribution in [3.63, 3.8) is 0 Å². The first-order chi connectivity index (χ1) is 9.61. The maximum Gasteiger partial charge on any atom is 0.225 e. The summed E-state index contributed by atoms with van der Waals surface area (Å²) < 4.78 is 19.0. The fraction of sp³-hybridized carbons (Fsp3) is 0.533. The molecule has 2 N–H and O–H groups in total. The lowest BCUT2D eigenvalue weighted by Crippen LogP contribution is -2.39. The molecule has 1 aliphatic rings. The van der Waals surface area contributed by atoms with Crippen molar-refractivity contribution in [3.8, 4) is 0 Å². The zero-order chi connectivity index (χ0) is 14.5. The van der Waals surface area contributed by atoms with Crippen LogP contribution in [-0.2, 0) is 22.7 Å². The Hall–Kier alpha value is -1.46. The van der Waals surface area contributed by atoms with Crippen LogP contribution in [0, 0.1) is 11.7 Å². The fourth-order valence-electron chi connectivity index (χ4n) is 2.42. The first-order valence-corrected chi connectivity index (χ1v) is 6.89. The predicted molar refractivity (Wildman–Crippen MR) is 72.3 cm³/mol. The molecule has 0 bridgehead atoms. The molecule has 1 fully saturated rings. The van der Waals surface area contributed by atoms with Crippen LogP contribution >= 0.6 is 0 Å². The van der Waals surface area contributed by atoms with Crippen molar-refractivity contribution in [2.24, 2.45) is 5.92 Å². The molecule has 1 aliphatic heterocycles. The van der Waals surface area contributed by atoms with E-state index in [1.807, 2.05) is 6.92 Å². The number of aliphatic hydroxyl groups excluding tert-OH is 1. The molecule has 1 amide bonds. The van der Waals surface area contributed by atoms with Crippen LogP contribution < -0.4 is 5.32 Å². The highest BCUT2D eigenvalue weighted by molar-refractivity contribution is 5.79. The third-order valence-electron chi connectivity index (χ3n) is 3.70. The number of ether oxygens (including phenoxy) is 1. The average molecular weight is 281 g/mol. The van der Waals surface area contributed by atoms with Crippen molar-refractivity contribution in [2.75, 3.05) is 6.61 Å². The maximum atomic E-state index is 13.5. The van der Waals surface area contributed by atoms with Crippen molar-refractivity contribution in [1.29, 1.82) is 0 Å². The molecule has 5 heteroatoms. The molecule has 1 aromatic rings. The van der Waals surface area contributed by atoms with E-state index < -0.39 is 5.82 Å². The number of amides is 1. The summed E-state index contributed by atoms with van der Waals surface area (Å²) in [6.45, 7) is 2.57. The summed E-state index contributed by atoms with van der Waals surface area (Å²) in [6.07, 6.45) is 1.64. The SMILES string of the molecule is C[C@@H]1OCCC[C@H]1C(=O)NCc1ccc(CO)c(F)c1. The lowest BCUT2D eigenvalue weighted by molar-refractivity contribution is -0.133. The lowest BCUT2D eigenvalue weighted by Gasteiger charge is -2.28. The summed E-state index contributed by atoms with van der Waals surface area (Å²) in [5.41, 5.74) is 0.937. The van der Waals surface area contributed by atoms with E-state index in [1.54, 1.807) is 6.07 Å². The van der Waals surface area contributed by atoms with E-state index in [0.717, 1.165) is 12.8 Å². The van der Waals surface area contributed by atoms with Gasteiger partial charge in [0.1, 0.15) is 5.82 Å². The van der Waals surface area contributed by atoms with Gasteiger partial charge in [0.15, 0.2) is 0 Å². The monoisotopic (exact) mass is 281 g/mol. The van der Waals surface area contributed by atoms with Crippen molar-refractivity contribution in [2.45, 2.75) is 39.0 Å². The van der Waals surface area contributed by atoms with E-state index in [1.165, 1.54) is 12.1 Å². The summed E-state index contributed by atoms with van der Waals surface area (Å²) in [6, 6.07) is 4.57. The molecule has 0 spiro atoms. The molecular formula is C15H20FNO3. The Morgan fingerprint density at radius 3 is 3.00 bits per heavy atom. The Bertz CT molecular complexity index is 478. The molecule has 110 valence electrons. The van der Waals surface area contributed by atoms with Gasteiger partial charge in [-0.25, -0.2) is 4.39 Å². The minimum atomic E-state index is -0.450. The summed E-state index contributed by atoms with van der Waals surface area (Å²) in [5, 5.41) is 11.7. The van der Waals surface area contributed by atoms with Crippen LogP contribution in [0.15, 0.2) is 18.2 Å². The Kier molecular flexibility index (Phi) is 5.09. The number of aliphatic hydroxyl groups is 1. The van der Waals surface area contributed by atoms with Gasteiger partial charge >= 0.3 is 0 Å². The van der Waals surface area contributed by atoms with Crippen LogP contribution in [0.3, 0.4) is 0 Å². The van der Waals surface area contributed by atoms with Crippen molar-refractivity contribution in [1.82, 2.24) is 5.32 Å². The van der Waals surface area contributed by atoms with E-state index in [0.29, 0.717) is 12.2 Å². The van der Waals surface area contributed by atoms with Crippen molar-refractivity contribution >= 4 is 5.91 Å². The summed E-state index contributed by atoms with van der Waals surface area (Å²) in [7, 11) is 0. The molecule has 4 nitrogen and oxygen atoms in total. The first-order valence-electron chi connectivity index (χ1n) is 6.89. The molecule has 0 aromatic heterocycles. The van der Waals surface area contributed by atoms with Gasteiger partial charge in [0.25, 0.3) is 0 Å². The van der Waals surface area contributed by atoms with Crippen LogP contribution in [0.2, 0.25) is 0 Å². The highest BCUT2D eigenvalue weighted by atomic mass is 19.1. The van der Waals surface area contributed by atoms with E-state index in [2.05, 4.69) is 5.32 Å². The van der Waals surface area contributed by atoms with Crippen molar-refractivity contribution < 1.29 is 19.0 Å². The highest BCUT2D eigenvalue weighted by Crippen LogP contribution is 2.20. The first kappa shape index (κ1) is 14.9. The second kappa shape index (κ2) is 6.81. The number of hydrogen-bond donors (Lipinski definition) is 2. The summed E-state index contributed by atoms with van der Waals surface area (Å²) >= 11 is 0. The van der Waals surface area contributed by atoms with Gasteiger partial charge in [-0.05, 0) is 31.4 Å². The zero-order valence-electron chi connectivity index (χ0n) is 11.6. The normalized spacial score (nSPS) is 22.6. The van der Waals surface area contributed by atoms with Gasteiger partial charge < -0.3 is 15.2 Å². The van der Waals surface area contributed by atoms with Gasteiger partial charge in [-0.2, -0.15) is 0 Å². The van der Waals surface area contributed by atoms with Crippen LogP contribution in [0.25, 0.3) is 0 Å². The number of carbonyl (C=O) groups is 1. The second-order valence-corrected chi connectivity index (χ2v) is 5.13. The molecule has 0 aliphatic carbocycles. The average Bonchev–Trinajstić information content (AvgIpc) is 2.45. The van der Waals surface area contributed by atoms with Gasteiger partial charge in [-0.1, -0.05) is 12.1 Å². The minimum absolute atomic E-state index is 0.0520. The standard InChI is InChI=1S/C15H20FNO3/c1-10-13(3-2-6-20-10)15(19)17-8-11-4-5-12(9-18)14(16)7-11/h4-5,7,10,13,18H,2-3,6,8-9H2,1H3,(H,17,19)/t10-,13+/m0/s1. The molecule has 2 atom stereocenters. The summed E-state index contributed by atoms with van der Waals surface area (Å²) in [4.78, 5) is 12.1. The molecule has 1 saturated heterocycles. The zero-order valence-corrected chi connectivity index (χ0v) is 11.6. The lowest BCUT2D eigenvalue weighted by atomic mass is 9.94. The number of halogens is 1. The Labute approximate surface area is 117 Å². The van der Waals surface area contributed by atoms with E-state index in [-0.39, 0.29) is 36.6 Å². The van der Waals surface area contributed by atoms with Gasteiger partial charge in [-0.15, -0.1) is 0 Å². The molecule has 1 aromatic carbocycles. The molecular weight excluding hydrogens is 261 g/mol. The van der Waals surface area contributed by atoms with Gasteiger partial charge in [-0.3, -0.25) is 4.79 Å². The number of nitrogens with one attached hydrogen (secondary N) is 1. The predicted octanol–water partition coefficient (Wildman–Crippen LogP) is 1.75. The smallest absolute Gasteiger partial charge is 0.225 e. The van der Waals surface area contributed by atoms with Crippen molar-refractivity contribution in [3.05, 3.63) is 35.1 Å². The highest BCUT2D eigenvalue weighted by Gasteiger charge is 2.28. The van der Waals surface area contributed by atoms with E-state index >= 15 is 0 Å². The number of rotatable bonds is 4. The van der Waals surface area contributed by atoms with Gasteiger partial charge in [0.2, 0.25) is 5.91 Å². The van der Waals surface area contributed by atoms with E-state index in [4.69, 9.17) is 9.84 Å². The Morgan fingerprint density at radius 2 is 2.35 bits per heavy atom. The Balaban J connectivity index is 1.91. The molecule has 1 heterocycles. The topological polar surface area (TPSA) is 58.6 Å². The van der Waals surface area contributed by atoms with Crippen LogP contribution in [0.4, 0.5) is 4.39 Å². The third-order valence-corrected chi connectivity index (χ3v) is 3.70. The molecule has 20 heavy (non-hydrogen) atoms. The second-order valence-electron chi connectivity index (χ2n) is 5.13. The Morgan fingerprint density at radius 1 is 1.55 bits per heavy atom. The third kappa shape index (κ3) is 3.55. The largest absolute Gasteiger partial charge is 0.392 e. The quantitative estimate of drug-likeness (QED) is 0.884. The number of benzene rings is 1. The fourth-order valence-corrected chi connectivity index (χ4v) is 2.42. The van der Waals surface area contributed by atoms with Gasteiger partial charge in [0.05, 0.1) is 18.6 Å². The molecule has 0 saturated carbocycles. The van der Waals surface area contributed by atoms with Gasteiger partial charge in [0, 0.05) is 18.7 Å². The van der Waals surface area contributed by atoms with E-state index in [9.17, 15) is 9.18 Å².